The molecule has 1 aliphatic heterocycles. The molecular weight excluding hydrogens is 314 g/mol. The fraction of sp³-hybridized carbons (Fsp3) is 0.471. The van der Waals surface area contributed by atoms with Crippen LogP contribution in [0.15, 0.2) is 18.2 Å². The number of nitrogens with zero attached hydrogens (tertiary/aromatic N) is 1. The second-order valence-electron chi connectivity index (χ2n) is 6.31. The molecule has 2 fully saturated rings. The van der Waals surface area contributed by atoms with Gasteiger partial charge in [-0.2, -0.15) is 0 Å². The first-order valence-corrected chi connectivity index (χ1v) is 8.68. The topological polar surface area (TPSA) is 63.7 Å². The minimum Gasteiger partial charge on any atom is -0.462 e. The Morgan fingerprint density at radius 1 is 1.26 bits per heavy atom. The molecule has 6 heteroatoms. The van der Waals surface area contributed by atoms with Crippen LogP contribution in [0.2, 0.25) is 0 Å². The highest BCUT2D eigenvalue weighted by Gasteiger charge is 2.60. The third-order valence-electron chi connectivity index (χ3n) is 5.00. The van der Waals surface area contributed by atoms with Crippen LogP contribution in [0.3, 0.4) is 0 Å². The number of rotatable bonds is 3. The molecule has 23 heavy (non-hydrogen) atoms. The van der Waals surface area contributed by atoms with Crippen molar-refractivity contribution in [3.8, 4) is 0 Å². The van der Waals surface area contributed by atoms with E-state index >= 15 is 0 Å². The minimum absolute atomic E-state index is 0.163. The SMILES string of the molecule is CCOC(=O)c1cc(C)sc1N1C(=O)[C@@H]2[C@H](C1=O)[C@@H]1C=C[C@H]2C1. The number of ether oxygens (including phenoxy) is 1. The maximum Gasteiger partial charge on any atom is 0.341 e. The number of carbonyl (C=O) groups excluding carboxylic acids is 3. The first-order valence-electron chi connectivity index (χ1n) is 7.86. The van der Waals surface area contributed by atoms with E-state index < -0.39 is 5.97 Å². The van der Waals surface area contributed by atoms with E-state index in [2.05, 4.69) is 12.2 Å². The van der Waals surface area contributed by atoms with E-state index in [0.717, 1.165) is 11.3 Å². The van der Waals surface area contributed by atoms with E-state index in [1.807, 2.05) is 6.92 Å². The average Bonchev–Trinajstić information content (AvgIpc) is 3.23. The van der Waals surface area contributed by atoms with E-state index in [4.69, 9.17) is 4.74 Å². The molecule has 0 N–H and O–H groups in total. The average molecular weight is 331 g/mol. The molecule has 3 aliphatic rings. The molecular formula is C17H17NO4S. The van der Waals surface area contributed by atoms with Crippen LogP contribution < -0.4 is 4.90 Å². The minimum atomic E-state index is -0.481. The van der Waals surface area contributed by atoms with Crippen LogP contribution in [0.1, 0.15) is 28.6 Å². The molecule has 2 bridgehead atoms. The van der Waals surface area contributed by atoms with Gasteiger partial charge >= 0.3 is 5.97 Å². The summed E-state index contributed by atoms with van der Waals surface area (Å²) in [5, 5.41) is 0.421. The molecule has 2 amide bonds. The molecule has 2 aliphatic carbocycles. The molecule has 5 nitrogen and oxygen atoms in total. The molecule has 4 atom stereocenters. The molecule has 4 rings (SSSR count). The lowest BCUT2D eigenvalue weighted by molar-refractivity contribution is -0.123. The maximum atomic E-state index is 12.9. The number of imide groups is 1. The lowest BCUT2D eigenvalue weighted by atomic mass is 9.85. The highest BCUT2D eigenvalue weighted by Crippen LogP contribution is 2.54. The Hall–Kier alpha value is -1.95. The van der Waals surface area contributed by atoms with Crippen molar-refractivity contribution in [1.82, 2.24) is 0 Å². The van der Waals surface area contributed by atoms with Crippen LogP contribution in [0.5, 0.6) is 0 Å². The Kier molecular flexibility index (Phi) is 3.20. The number of carbonyl (C=O) groups is 3. The number of esters is 1. The largest absolute Gasteiger partial charge is 0.462 e. The molecule has 0 unspecified atom stereocenters. The summed E-state index contributed by atoms with van der Waals surface area (Å²) in [6, 6.07) is 1.69. The zero-order valence-electron chi connectivity index (χ0n) is 12.9. The zero-order valence-corrected chi connectivity index (χ0v) is 13.8. The van der Waals surface area contributed by atoms with Crippen LogP contribution >= 0.6 is 11.3 Å². The monoisotopic (exact) mass is 331 g/mol. The third kappa shape index (κ3) is 1.94. The van der Waals surface area contributed by atoms with Gasteiger partial charge in [0.1, 0.15) is 5.00 Å². The molecule has 120 valence electrons. The number of anilines is 1. The second kappa shape index (κ2) is 5.03. The fourth-order valence-corrected chi connectivity index (χ4v) is 5.13. The first-order chi connectivity index (χ1) is 11.0. The summed E-state index contributed by atoms with van der Waals surface area (Å²) in [4.78, 5) is 40.0. The van der Waals surface area contributed by atoms with E-state index in [0.29, 0.717) is 10.6 Å². The van der Waals surface area contributed by atoms with Gasteiger partial charge in [0.2, 0.25) is 11.8 Å². The zero-order chi connectivity index (χ0) is 16.3. The van der Waals surface area contributed by atoms with Crippen molar-refractivity contribution in [2.24, 2.45) is 23.7 Å². The number of amides is 2. The van der Waals surface area contributed by atoms with Crippen molar-refractivity contribution in [1.29, 1.82) is 0 Å². The molecule has 0 spiro atoms. The molecule has 1 saturated carbocycles. The van der Waals surface area contributed by atoms with Crippen LogP contribution in [0.4, 0.5) is 5.00 Å². The van der Waals surface area contributed by atoms with Crippen molar-refractivity contribution in [3.63, 3.8) is 0 Å². The first kappa shape index (κ1) is 14.6. The lowest BCUT2D eigenvalue weighted by Crippen LogP contribution is -2.33. The number of hydrogen-bond donors (Lipinski definition) is 0. The van der Waals surface area contributed by atoms with Gasteiger partial charge in [0.25, 0.3) is 0 Å². The number of hydrogen-bond acceptors (Lipinski definition) is 5. The molecule has 2 heterocycles. The quantitative estimate of drug-likeness (QED) is 0.485. The standard InChI is InChI=1S/C17H17NO4S/c1-3-22-17(21)11-6-8(2)23-16(11)18-14(19)12-9-4-5-10(7-9)13(12)15(18)20/h4-6,9-10,12-13H,3,7H2,1-2H3/t9-,10+,12-,13+. The van der Waals surface area contributed by atoms with Crippen molar-refractivity contribution < 1.29 is 19.1 Å². The molecule has 1 aromatic rings. The Bertz CT molecular complexity index is 720. The Morgan fingerprint density at radius 2 is 1.87 bits per heavy atom. The van der Waals surface area contributed by atoms with Crippen LogP contribution in [0, 0.1) is 30.6 Å². The van der Waals surface area contributed by atoms with Crippen molar-refractivity contribution in [2.45, 2.75) is 20.3 Å². The molecule has 0 radical (unpaired) electrons. The highest BCUT2D eigenvalue weighted by atomic mass is 32.1. The molecule has 1 saturated heterocycles. The highest BCUT2D eigenvalue weighted by molar-refractivity contribution is 7.17. The summed E-state index contributed by atoms with van der Waals surface area (Å²) in [6.45, 7) is 3.85. The van der Waals surface area contributed by atoms with Gasteiger partial charge in [-0.3, -0.25) is 9.59 Å². The second-order valence-corrected chi connectivity index (χ2v) is 7.54. The summed E-state index contributed by atoms with van der Waals surface area (Å²) < 4.78 is 5.07. The van der Waals surface area contributed by atoms with Gasteiger partial charge in [-0.15, -0.1) is 11.3 Å². The predicted octanol–water partition coefficient (Wildman–Crippen LogP) is 2.54. The Labute approximate surface area is 137 Å². The number of fused-ring (bicyclic) bond motifs is 5. The number of aryl methyl sites for hydroxylation is 1. The van der Waals surface area contributed by atoms with Crippen molar-refractivity contribution >= 4 is 34.1 Å². The Balaban J connectivity index is 1.74. The maximum absolute atomic E-state index is 12.9. The molecule has 1 aromatic heterocycles. The van der Waals surface area contributed by atoms with Gasteiger partial charge in [-0.25, -0.2) is 9.69 Å². The number of thiophene rings is 1. The van der Waals surface area contributed by atoms with Crippen molar-refractivity contribution in [2.75, 3.05) is 11.5 Å². The Morgan fingerprint density at radius 3 is 2.43 bits per heavy atom. The van der Waals surface area contributed by atoms with Gasteiger partial charge in [0, 0.05) is 4.88 Å². The lowest BCUT2D eigenvalue weighted by Gasteiger charge is -2.16. The summed E-state index contributed by atoms with van der Waals surface area (Å²) >= 11 is 1.30. The summed E-state index contributed by atoms with van der Waals surface area (Å²) in [6.07, 6.45) is 5.02. The van der Waals surface area contributed by atoms with E-state index in [-0.39, 0.29) is 42.1 Å². The van der Waals surface area contributed by atoms with Gasteiger partial charge in [0.15, 0.2) is 0 Å². The van der Waals surface area contributed by atoms with Crippen molar-refractivity contribution in [3.05, 3.63) is 28.7 Å². The van der Waals surface area contributed by atoms with Gasteiger partial charge in [-0.1, -0.05) is 12.2 Å². The van der Waals surface area contributed by atoms with E-state index in [9.17, 15) is 14.4 Å². The van der Waals surface area contributed by atoms with Crippen LogP contribution in [0.25, 0.3) is 0 Å². The van der Waals surface area contributed by atoms with Crippen LogP contribution in [-0.4, -0.2) is 24.4 Å². The van der Waals surface area contributed by atoms with Gasteiger partial charge in [0.05, 0.1) is 24.0 Å². The predicted molar refractivity (Wildman–Crippen MR) is 85.2 cm³/mol. The smallest absolute Gasteiger partial charge is 0.341 e. The summed E-state index contributed by atoms with van der Waals surface area (Å²) in [5.41, 5.74) is 0.316. The van der Waals surface area contributed by atoms with E-state index in [1.54, 1.807) is 13.0 Å². The van der Waals surface area contributed by atoms with E-state index in [1.165, 1.54) is 16.2 Å². The van der Waals surface area contributed by atoms with Crippen LogP contribution in [-0.2, 0) is 14.3 Å². The molecule has 0 aromatic carbocycles. The normalized spacial score (nSPS) is 31.1. The fourth-order valence-electron chi connectivity index (χ4n) is 4.13. The van der Waals surface area contributed by atoms with Gasteiger partial charge < -0.3 is 4.74 Å². The summed E-state index contributed by atoms with van der Waals surface area (Å²) in [5.74, 6) is -0.985. The summed E-state index contributed by atoms with van der Waals surface area (Å²) in [7, 11) is 0. The van der Waals surface area contributed by atoms with Gasteiger partial charge in [-0.05, 0) is 38.2 Å². The number of allylic oxidation sites excluding steroid dienone is 2. The third-order valence-corrected chi connectivity index (χ3v) is 6.04.